The van der Waals surface area contributed by atoms with Crippen molar-refractivity contribution < 1.29 is 78.3 Å². The van der Waals surface area contributed by atoms with Gasteiger partial charge in [-0.2, -0.15) is 0 Å². The smallest absolute Gasteiger partial charge is 0.326 e. The summed E-state index contributed by atoms with van der Waals surface area (Å²) in [6.45, 7) is 5.76. The van der Waals surface area contributed by atoms with Crippen molar-refractivity contribution in [2.24, 2.45) is 17.6 Å². The van der Waals surface area contributed by atoms with Gasteiger partial charge in [-0.05, 0) is 48.6 Å². The SMILES string of the molecule is CC(C)C[C@H](NC(=O)[C@@H](NC(=O)[C@@H](N)CCC(=O)O)C(C)C)C(=O)N[C@@H](Cc1ccccc1)[C@@H](O)C(=O)N[C@@H](CC(=O)O)C(=O)NCC(=O)N[C@@H](CCC(=O)O)C(=O)N[C@@H](Cc1ccccc1)C(=O)O. The first kappa shape index (κ1) is 58.7. The van der Waals surface area contributed by atoms with Gasteiger partial charge < -0.3 is 68.5 Å². The number of nitrogens with one attached hydrogen (secondary N) is 7. The zero-order valence-electron chi connectivity index (χ0n) is 39.2. The number of nitrogens with two attached hydrogens (primary N) is 1. The molecule has 2 aromatic carbocycles. The lowest BCUT2D eigenvalue weighted by Gasteiger charge is -2.30. The summed E-state index contributed by atoms with van der Waals surface area (Å²) in [6, 6.07) is 6.09. The Bertz CT molecular complexity index is 2140. The molecule has 14 N–H and O–H groups in total. The Kier molecular flexibility index (Phi) is 24.7. The Morgan fingerprint density at radius 2 is 1.04 bits per heavy atom. The first-order valence-corrected chi connectivity index (χ1v) is 22.4. The van der Waals surface area contributed by atoms with Gasteiger partial charge in [0.1, 0.15) is 30.2 Å². The minimum Gasteiger partial charge on any atom is -0.481 e. The number of carboxylic acids is 4. The van der Waals surface area contributed by atoms with Crippen LogP contribution in [0.15, 0.2) is 60.7 Å². The van der Waals surface area contributed by atoms with E-state index in [1.54, 1.807) is 88.4 Å². The molecule has 7 amide bonds. The minimum absolute atomic E-state index is 0.0192. The number of aliphatic hydroxyl groups is 1. The molecule has 0 aliphatic carbocycles. The lowest BCUT2D eigenvalue weighted by Crippen LogP contribution is -2.60. The summed E-state index contributed by atoms with van der Waals surface area (Å²) in [4.78, 5) is 140. The molecule has 70 heavy (non-hydrogen) atoms. The van der Waals surface area contributed by atoms with Crippen molar-refractivity contribution >= 4 is 65.2 Å². The quantitative estimate of drug-likeness (QED) is 0.0395. The largest absolute Gasteiger partial charge is 0.481 e. The van der Waals surface area contributed by atoms with Gasteiger partial charge in [0.05, 0.1) is 25.0 Å². The number of carboxylic acid groups (broad SMARTS) is 4. The fourth-order valence-electron chi connectivity index (χ4n) is 6.78. The van der Waals surface area contributed by atoms with E-state index < -0.39 is 152 Å². The molecule has 0 fully saturated rings. The molecule has 8 atom stereocenters. The van der Waals surface area contributed by atoms with Crippen LogP contribution in [0.5, 0.6) is 0 Å². The van der Waals surface area contributed by atoms with E-state index in [-0.39, 0.29) is 31.6 Å². The minimum atomic E-state index is -2.19. The van der Waals surface area contributed by atoms with Crippen LogP contribution in [0.1, 0.15) is 77.3 Å². The third kappa shape index (κ3) is 21.7. The molecule has 0 saturated carbocycles. The molecule has 0 heterocycles. The van der Waals surface area contributed by atoms with Crippen LogP contribution in [0.25, 0.3) is 0 Å². The summed E-state index contributed by atoms with van der Waals surface area (Å²) in [5.41, 5.74) is 6.89. The van der Waals surface area contributed by atoms with Gasteiger partial charge in [-0.25, -0.2) is 4.79 Å². The zero-order valence-corrected chi connectivity index (χ0v) is 39.2. The highest BCUT2D eigenvalue weighted by molar-refractivity contribution is 5.96. The normalized spacial score (nSPS) is 14.5. The topological polar surface area (TPSA) is 399 Å². The number of carbonyl (C=O) groups excluding carboxylic acids is 7. The van der Waals surface area contributed by atoms with Gasteiger partial charge in [0.2, 0.25) is 35.4 Å². The van der Waals surface area contributed by atoms with Crippen molar-refractivity contribution in [1.82, 2.24) is 37.2 Å². The van der Waals surface area contributed by atoms with E-state index >= 15 is 0 Å². The van der Waals surface area contributed by atoms with Crippen molar-refractivity contribution in [3.8, 4) is 0 Å². The fourth-order valence-corrected chi connectivity index (χ4v) is 6.78. The third-order valence-corrected chi connectivity index (χ3v) is 10.5. The summed E-state index contributed by atoms with van der Waals surface area (Å²) in [5, 5.41) is 65.4. The van der Waals surface area contributed by atoms with Crippen molar-refractivity contribution in [2.75, 3.05) is 6.54 Å². The van der Waals surface area contributed by atoms with E-state index in [2.05, 4.69) is 37.2 Å². The molecule has 0 aliphatic heterocycles. The molecule has 0 aliphatic rings. The first-order chi connectivity index (χ1) is 32.9. The van der Waals surface area contributed by atoms with Crippen molar-refractivity contribution in [2.45, 2.75) is 127 Å². The number of amides is 7. The second kappa shape index (κ2) is 29.4. The second-order valence-corrected chi connectivity index (χ2v) is 17.2. The molecule has 2 aromatic rings. The van der Waals surface area contributed by atoms with Gasteiger partial charge >= 0.3 is 23.9 Å². The average Bonchev–Trinajstić information content (AvgIpc) is 3.29. The molecular weight excluding hydrogens is 921 g/mol. The molecular formula is C46H64N8O16. The van der Waals surface area contributed by atoms with E-state index in [9.17, 15) is 73.2 Å². The molecule has 0 saturated heterocycles. The van der Waals surface area contributed by atoms with Gasteiger partial charge in [-0.3, -0.25) is 47.9 Å². The average molecular weight is 985 g/mol. The van der Waals surface area contributed by atoms with Gasteiger partial charge in [0.15, 0.2) is 6.10 Å². The Morgan fingerprint density at radius 1 is 0.529 bits per heavy atom. The summed E-state index contributed by atoms with van der Waals surface area (Å²) in [5.74, 6) is -13.5. The summed E-state index contributed by atoms with van der Waals surface area (Å²) >= 11 is 0. The maximum absolute atomic E-state index is 14.0. The fraction of sp³-hybridized carbons (Fsp3) is 0.500. The van der Waals surface area contributed by atoms with Crippen LogP contribution in [-0.2, 0) is 65.6 Å². The number of rotatable bonds is 31. The molecule has 384 valence electrons. The second-order valence-electron chi connectivity index (χ2n) is 17.2. The van der Waals surface area contributed by atoms with Gasteiger partial charge in [-0.1, -0.05) is 88.4 Å². The predicted octanol–water partition coefficient (Wildman–Crippen LogP) is -1.82. The number of carbonyl (C=O) groups is 11. The van der Waals surface area contributed by atoms with Gasteiger partial charge in [0, 0.05) is 19.3 Å². The molecule has 2 rings (SSSR count). The van der Waals surface area contributed by atoms with E-state index in [1.165, 1.54) is 0 Å². The van der Waals surface area contributed by atoms with E-state index in [0.29, 0.717) is 11.1 Å². The highest BCUT2D eigenvalue weighted by Gasteiger charge is 2.36. The number of aliphatic hydroxyl groups excluding tert-OH is 1. The lowest BCUT2D eigenvalue weighted by atomic mass is 9.97. The Hall–Kier alpha value is -7.47. The highest BCUT2D eigenvalue weighted by Crippen LogP contribution is 2.13. The molecule has 0 unspecified atom stereocenters. The molecule has 24 nitrogen and oxygen atoms in total. The Labute approximate surface area is 403 Å². The van der Waals surface area contributed by atoms with Crippen LogP contribution in [-0.4, -0.2) is 146 Å². The van der Waals surface area contributed by atoms with Gasteiger partial charge in [-0.15, -0.1) is 0 Å². The predicted molar refractivity (Wildman–Crippen MR) is 247 cm³/mol. The van der Waals surface area contributed by atoms with Crippen LogP contribution >= 0.6 is 0 Å². The van der Waals surface area contributed by atoms with Crippen LogP contribution < -0.4 is 43.0 Å². The summed E-state index contributed by atoms with van der Waals surface area (Å²) in [7, 11) is 0. The first-order valence-electron chi connectivity index (χ1n) is 22.4. The van der Waals surface area contributed by atoms with E-state index in [0.717, 1.165) is 0 Å². The van der Waals surface area contributed by atoms with E-state index in [4.69, 9.17) is 10.8 Å². The Morgan fingerprint density at radius 3 is 1.56 bits per heavy atom. The highest BCUT2D eigenvalue weighted by atomic mass is 16.4. The summed E-state index contributed by atoms with van der Waals surface area (Å²) in [6.07, 6.45) is -5.36. The van der Waals surface area contributed by atoms with E-state index in [1.807, 2.05) is 0 Å². The monoisotopic (exact) mass is 984 g/mol. The zero-order chi connectivity index (χ0) is 52.7. The number of hydrogen-bond acceptors (Lipinski definition) is 13. The van der Waals surface area contributed by atoms with Crippen LogP contribution in [0.4, 0.5) is 0 Å². The van der Waals surface area contributed by atoms with Crippen molar-refractivity contribution in [3.05, 3.63) is 71.8 Å². The third-order valence-electron chi connectivity index (χ3n) is 10.5. The van der Waals surface area contributed by atoms with Crippen LogP contribution in [0.3, 0.4) is 0 Å². The molecule has 0 spiro atoms. The maximum Gasteiger partial charge on any atom is 0.326 e. The number of benzene rings is 2. The summed E-state index contributed by atoms with van der Waals surface area (Å²) < 4.78 is 0. The van der Waals surface area contributed by atoms with Crippen LogP contribution in [0, 0.1) is 11.8 Å². The standard InChI is InChI=1S/C46H64N8O16/c1-24(2)19-31(51-44(67)38(25(3)4)54-40(63)28(47)15-17-35(56)57)43(66)50-30(20-26-11-7-5-8-12-26)39(62)45(68)52-32(22-37(60)61)41(64)48-23-34(55)49-29(16-18-36(58)59)42(65)53-33(46(69)70)21-27-13-9-6-10-14-27/h5-14,24-25,28-33,38-39,62H,15-23,47H2,1-4H3,(H,48,64)(H,49,55)(H,50,66)(H,51,67)(H,52,68)(H,53,65)(H,54,63)(H,56,57)(H,58,59)(H,60,61)(H,69,70)/t28-,29-,30-,31-,32-,33-,38-,39+/m0/s1. The molecule has 0 radical (unpaired) electrons. The van der Waals surface area contributed by atoms with Crippen molar-refractivity contribution in [1.29, 1.82) is 0 Å². The molecule has 0 aromatic heterocycles. The lowest BCUT2D eigenvalue weighted by molar-refractivity contribution is -0.143. The van der Waals surface area contributed by atoms with Crippen LogP contribution in [0.2, 0.25) is 0 Å². The van der Waals surface area contributed by atoms with Gasteiger partial charge in [0.25, 0.3) is 5.91 Å². The molecule has 24 heteroatoms. The number of aliphatic carboxylic acids is 4. The maximum atomic E-state index is 14.0. The molecule has 0 bridgehead atoms. The van der Waals surface area contributed by atoms with Crippen molar-refractivity contribution in [3.63, 3.8) is 0 Å². The Balaban J connectivity index is 2.28. The number of hydrogen-bond donors (Lipinski definition) is 13.